The average Bonchev–Trinajstić information content (AvgIpc) is 3.24. The molecule has 0 saturated carbocycles. The van der Waals surface area contributed by atoms with Crippen molar-refractivity contribution in [3.8, 4) is 0 Å². The van der Waals surface area contributed by atoms with E-state index >= 15 is 0 Å². The molecule has 9 heteroatoms. The molecule has 0 unspecified atom stereocenters. The second-order valence-electron chi connectivity index (χ2n) is 6.38. The van der Waals surface area contributed by atoms with Crippen LogP contribution in [0.5, 0.6) is 0 Å². The summed E-state index contributed by atoms with van der Waals surface area (Å²) in [6.07, 6.45) is 1.29. The molecule has 7 nitrogen and oxygen atoms in total. The lowest BCUT2D eigenvalue weighted by Crippen LogP contribution is -2.45. The molecule has 1 saturated heterocycles. The first-order chi connectivity index (χ1) is 12.4. The minimum atomic E-state index is -0.588. The number of rotatable bonds is 4. The molecule has 0 spiro atoms. The lowest BCUT2D eigenvalue weighted by atomic mass is 10.2. The highest BCUT2D eigenvalue weighted by atomic mass is 32.1. The standard InChI is InChI=1S/C17H20FN5O2S/c1-10(2)15-21-22-16(26-15)20-14(24)13-7-4-8-23(13)17(25)19-12-6-3-5-11(18)9-12/h3,5-6,9-10,13H,4,7-8H2,1-2H3,(H,19,25)(H,20,22,24)/t13-/m0/s1. The summed E-state index contributed by atoms with van der Waals surface area (Å²) < 4.78 is 13.3. The van der Waals surface area contributed by atoms with Crippen LogP contribution in [0.2, 0.25) is 0 Å². The summed E-state index contributed by atoms with van der Waals surface area (Å²) >= 11 is 1.33. The maximum atomic E-state index is 13.3. The lowest BCUT2D eigenvalue weighted by Gasteiger charge is -2.23. The first-order valence-corrected chi connectivity index (χ1v) is 9.23. The van der Waals surface area contributed by atoms with Crippen LogP contribution in [-0.2, 0) is 4.79 Å². The van der Waals surface area contributed by atoms with Crippen LogP contribution in [-0.4, -0.2) is 39.6 Å². The van der Waals surface area contributed by atoms with Crippen molar-refractivity contribution in [1.82, 2.24) is 15.1 Å². The molecule has 3 amide bonds. The third-order valence-electron chi connectivity index (χ3n) is 4.06. The Hall–Kier alpha value is -2.55. The molecular weight excluding hydrogens is 357 g/mol. The van der Waals surface area contributed by atoms with E-state index in [4.69, 9.17) is 0 Å². The van der Waals surface area contributed by atoms with Crippen LogP contribution in [0.25, 0.3) is 0 Å². The number of carbonyl (C=O) groups excluding carboxylic acids is 2. The molecule has 2 N–H and O–H groups in total. The van der Waals surface area contributed by atoms with E-state index < -0.39 is 17.9 Å². The van der Waals surface area contributed by atoms with E-state index in [0.29, 0.717) is 23.8 Å². The normalized spacial score (nSPS) is 16.8. The zero-order valence-corrected chi connectivity index (χ0v) is 15.3. The van der Waals surface area contributed by atoms with E-state index in [1.54, 1.807) is 6.07 Å². The number of carbonyl (C=O) groups is 2. The zero-order valence-electron chi connectivity index (χ0n) is 14.5. The minimum Gasteiger partial charge on any atom is -0.312 e. The van der Waals surface area contributed by atoms with E-state index in [9.17, 15) is 14.0 Å². The molecule has 0 radical (unpaired) electrons. The Bertz CT molecular complexity index is 810. The predicted molar refractivity (Wildman–Crippen MR) is 97.8 cm³/mol. The van der Waals surface area contributed by atoms with Gasteiger partial charge >= 0.3 is 6.03 Å². The van der Waals surface area contributed by atoms with Gasteiger partial charge in [0.2, 0.25) is 11.0 Å². The molecule has 1 aliphatic rings. The average molecular weight is 377 g/mol. The summed E-state index contributed by atoms with van der Waals surface area (Å²) in [5, 5.41) is 14.7. The maximum absolute atomic E-state index is 13.3. The van der Waals surface area contributed by atoms with Crippen LogP contribution in [0.4, 0.5) is 20.0 Å². The zero-order chi connectivity index (χ0) is 18.7. The van der Waals surface area contributed by atoms with Gasteiger partial charge in [-0.15, -0.1) is 10.2 Å². The van der Waals surface area contributed by atoms with E-state index in [0.717, 1.165) is 11.4 Å². The van der Waals surface area contributed by atoms with Crippen molar-refractivity contribution >= 4 is 34.1 Å². The number of likely N-dealkylation sites (tertiary alicyclic amines) is 1. The van der Waals surface area contributed by atoms with Gasteiger partial charge in [-0.3, -0.25) is 10.1 Å². The molecule has 2 aromatic rings. The summed E-state index contributed by atoms with van der Waals surface area (Å²) in [7, 11) is 0. The Kier molecular flexibility index (Phi) is 5.46. The number of nitrogens with one attached hydrogen (secondary N) is 2. The number of anilines is 2. The van der Waals surface area contributed by atoms with Crippen LogP contribution in [0.3, 0.4) is 0 Å². The summed E-state index contributed by atoms with van der Waals surface area (Å²) in [6, 6.07) is 4.64. The number of urea groups is 1. The summed E-state index contributed by atoms with van der Waals surface area (Å²) in [5.41, 5.74) is 0.353. The van der Waals surface area contributed by atoms with Gasteiger partial charge in [0, 0.05) is 18.2 Å². The Balaban J connectivity index is 1.64. The van der Waals surface area contributed by atoms with Crippen LogP contribution < -0.4 is 10.6 Å². The molecule has 1 aromatic heterocycles. The first-order valence-electron chi connectivity index (χ1n) is 8.41. The van der Waals surface area contributed by atoms with Crippen molar-refractivity contribution in [2.75, 3.05) is 17.2 Å². The molecule has 1 atom stereocenters. The molecule has 1 aromatic carbocycles. The topological polar surface area (TPSA) is 87.2 Å². The highest BCUT2D eigenvalue weighted by molar-refractivity contribution is 7.15. The Morgan fingerprint density at radius 2 is 2.12 bits per heavy atom. The van der Waals surface area contributed by atoms with Gasteiger partial charge in [0.05, 0.1) is 0 Å². The molecule has 0 aliphatic carbocycles. The Morgan fingerprint density at radius 1 is 1.31 bits per heavy atom. The monoisotopic (exact) mass is 377 g/mol. The van der Waals surface area contributed by atoms with E-state index in [1.165, 1.54) is 34.4 Å². The van der Waals surface area contributed by atoms with Crippen LogP contribution in [0, 0.1) is 5.82 Å². The second kappa shape index (κ2) is 7.77. The van der Waals surface area contributed by atoms with Gasteiger partial charge in [-0.1, -0.05) is 31.3 Å². The Morgan fingerprint density at radius 3 is 2.81 bits per heavy atom. The minimum absolute atomic E-state index is 0.234. The summed E-state index contributed by atoms with van der Waals surface area (Å²) in [5.74, 6) is -0.489. The van der Waals surface area contributed by atoms with Crippen molar-refractivity contribution < 1.29 is 14.0 Å². The van der Waals surface area contributed by atoms with Gasteiger partial charge in [-0.25, -0.2) is 9.18 Å². The van der Waals surface area contributed by atoms with Crippen LogP contribution in [0.15, 0.2) is 24.3 Å². The molecule has 2 heterocycles. The summed E-state index contributed by atoms with van der Waals surface area (Å²) in [6.45, 7) is 4.47. The SMILES string of the molecule is CC(C)c1nnc(NC(=O)[C@@H]2CCCN2C(=O)Nc2cccc(F)c2)s1. The fourth-order valence-corrected chi connectivity index (χ4v) is 3.50. The predicted octanol–water partition coefficient (Wildman–Crippen LogP) is 3.44. The van der Waals surface area contributed by atoms with Gasteiger partial charge in [0.25, 0.3) is 0 Å². The lowest BCUT2D eigenvalue weighted by molar-refractivity contribution is -0.119. The molecule has 0 bridgehead atoms. The Labute approximate surface area is 154 Å². The van der Waals surface area contributed by atoms with Crippen LogP contribution in [0.1, 0.15) is 37.6 Å². The molecular formula is C17H20FN5O2S. The molecule has 26 heavy (non-hydrogen) atoms. The van der Waals surface area contributed by atoms with Gasteiger partial charge in [-0.05, 0) is 31.0 Å². The molecule has 1 fully saturated rings. The smallest absolute Gasteiger partial charge is 0.312 e. The third-order valence-corrected chi connectivity index (χ3v) is 5.20. The van der Waals surface area contributed by atoms with Gasteiger partial charge < -0.3 is 10.2 Å². The van der Waals surface area contributed by atoms with Gasteiger partial charge in [0.1, 0.15) is 16.9 Å². The van der Waals surface area contributed by atoms with E-state index in [-0.39, 0.29) is 11.8 Å². The third kappa shape index (κ3) is 4.16. The van der Waals surface area contributed by atoms with Crippen molar-refractivity contribution in [3.63, 3.8) is 0 Å². The number of aromatic nitrogens is 2. The fraction of sp³-hybridized carbons (Fsp3) is 0.412. The number of nitrogens with zero attached hydrogens (tertiary/aromatic N) is 3. The summed E-state index contributed by atoms with van der Waals surface area (Å²) in [4.78, 5) is 26.5. The molecule has 1 aliphatic heterocycles. The van der Waals surface area contributed by atoms with Crippen LogP contribution >= 0.6 is 11.3 Å². The first kappa shape index (κ1) is 18.2. The number of hydrogen-bond donors (Lipinski definition) is 2. The number of benzene rings is 1. The fourth-order valence-electron chi connectivity index (χ4n) is 2.75. The van der Waals surface area contributed by atoms with E-state index in [2.05, 4.69) is 20.8 Å². The highest BCUT2D eigenvalue weighted by Crippen LogP contribution is 2.25. The van der Waals surface area contributed by atoms with Gasteiger partial charge in [-0.2, -0.15) is 0 Å². The molecule has 3 rings (SSSR count). The van der Waals surface area contributed by atoms with Crippen molar-refractivity contribution in [1.29, 1.82) is 0 Å². The number of amides is 3. The second-order valence-corrected chi connectivity index (χ2v) is 7.39. The largest absolute Gasteiger partial charge is 0.322 e. The number of hydrogen-bond acceptors (Lipinski definition) is 5. The van der Waals surface area contributed by atoms with Crippen molar-refractivity contribution in [2.24, 2.45) is 0 Å². The highest BCUT2D eigenvalue weighted by Gasteiger charge is 2.34. The van der Waals surface area contributed by atoms with Crippen molar-refractivity contribution in [2.45, 2.75) is 38.6 Å². The van der Waals surface area contributed by atoms with Gasteiger partial charge in [0.15, 0.2) is 0 Å². The molecule has 138 valence electrons. The quantitative estimate of drug-likeness (QED) is 0.854. The van der Waals surface area contributed by atoms with Crippen molar-refractivity contribution in [3.05, 3.63) is 35.1 Å². The van der Waals surface area contributed by atoms with E-state index in [1.807, 2.05) is 13.8 Å². The maximum Gasteiger partial charge on any atom is 0.322 e. The number of halogens is 1.